The molecule has 0 radical (unpaired) electrons. The molecule has 1 fully saturated rings. The van der Waals surface area contributed by atoms with Crippen LogP contribution in [0.2, 0.25) is 5.02 Å². The lowest BCUT2D eigenvalue weighted by atomic mass is 10.2. The van der Waals surface area contributed by atoms with Crippen molar-refractivity contribution in [1.82, 2.24) is 4.90 Å². The highest BCUT2D eigenvalue weighted by atomic mass is 35.5. The topological polar surface area (TPSA) is 44.8 Å². The molecule has 1 heterocycles. The summed E-state index contributed by atoms with van der Waals surface area (Å²) in [5, 5.41) is 3.70. The fraction of sp³-hybridized carbons (Fsp3) is 0.381. The second kappa shape index (κ2) is 9.11. The number of carbonyl (C=O) groups is 1. The first-order valence-corrected chi connectivity index (χ1v) is 9.67. The summed E-state index contributed by atoms with van der Waals surface area (Å²) in [6.07, 6.45) is 0.135. The number of rotatable bonds is 6. The largest absolute Gasteiger partial charge is 0.491 e. The summed E-state index contributed by atoms with van der Waals surface area (Å²) in [5.41, 5.74) is 1.92. The Balaban J connectivity index is 1.45. The smallest absolute Gasteiger partial charge is 0.238 e. The lowest BCUT2D eigenvalue weighted by molar-refractivity contribution is -0.117. The van der Waals surface area contributed by atoms with Crippen molar-refractivity contribution in [3.8, 4) is 5.75 Å². The second-order valence-electron chi connectivity index (χ2n) is 6.98. The molecule has 27 heavy (non-hydrogen) atoms. The lowest BCUT2D eigenvalue weighted by Gasteiger charge is -2.35. The molecule has 2 aromatic carbocycles. The molecule has 1 N–H and O–H groups in total. The molecule has 0 spiro atoms. The average molecular weight is 388 g/mol. The predicted molar refractivity (Wildman–Crippen MR) is 111 cm³/mol. The normalized spacial score (nSPS) is 15.0. The first-order valence-electron chi connectivity index (χ1n) is 9.29. The zero-order valence-corrected chi connectivity index (χ0v) is 16.6. The number of amides is 1. The number of ether oxygens (including phenoxy) is 1. The molecule has 144 valence electrons. The van der Waals surface area contributed by atoms with Gasteiger partial charge in [-0.3, -0.25) is 9.69 Å². The van der Waals surface area contributed by atoms with Crippen LogP contribution in [0.4, 0.5) is 11.4 Å². The maximum absolute atomic E-state index is 12.3. The summed E-state index contributed by atoms with van der Waals surface area (Å²) in [6, 6.07) is 15.4. The number of hydrogen-bond acceptors (Lipinski definition) is 4. The third kappa shape index (κ3) is 5.88. The standard InChI is InChI=1S/C21H26ClN3O2/c1-16(2)27-20-8-6-18(7-9-20)23-21(26)15-24-10-12-25(13-11-24)19-5-3-4-17(22)14-19/h3-9,14,16H,10-13,15H2,1-2H3,(H,23,26). The zero-order chi connectivity index (χ0) is 19.2. The van der Waals surface area contributed by atoms with Gasteiger partial charge in [0.15, 0.2) is 0 Å². The van der Waals surface area contributed by atoms with Crippen LogP contribution in [-0.4, -0.2) is 49.6 Å². The van der Waals surface area contributed by atoms with Crippen molar-refractivity contribution in [3.05, 3.63) is 53.6 Å². The quantitative estimate of drug-likeness (QED) is 0.816. The van der Waals surface area contributed by atoms with Crippen molar-refractivity contribution in [2.75, 3.05) is 42.9 Å². The van der Waals surface area contributed by atoms with Gasteiger partial charge in [0, 0.05) is 42.6 Å². The molecule has 3 rings (SSSR count). The SMILES string of the molecule is CC(C)Oc1ccc(NC(=O)CN2CCN(c3cccc(Cl)c3)CC2)cc1. The van der Waals surface area contributed by atoms with Gasteiger partial charge >= 0.3 is 0 Å². The minimum Gasteiger partial charge on any atom is -0.491 e. The fourth-order valence-corrected chi connectivity index (χ4v) is 3.31. The van der Waals surface area contributed by atoms with Crippen molar-refractivity contribution >= 4 is 28.9 Å². The van der Waals surface area contributed by atoms with Crippen LogP contribution in [0.5, 0.6) is 5.75 Å². The highest BCUT2D eigenvalue weighted by Crippen LogP contribution is 2.21. The zero-order valence-electron chi connectivity index (χ0n) is 15.8. The van der Waals surface area contributed by atoms with Gasteiger partial charge in [-0.05, 0) is 56.3 Å². The average Bonchev–Trinajstić information content (AvgIpc) is 2.63. The van der Waals surface area contributed by atoms with Crippen molar-refractivity contribution < 1.29 is 9.53 Å². The van der Waals surface area contributed by atoms with E-state index in [2.05, 4.69) is 21.2 Å². The molecule has 2 aromatic rings. The molecule has 1 saturated heterocycles. The van der Waals surface area contributed by atoms with Crippen molar-refractivity contribution in [3.63, 3.8) is 0 Å². The van der Waals surface area contributed by atoms with Gasteiger partial charge in [-0.1, -0.05) is 17.7 Å². The van der Waals surface area contributed by atoms with Gasteiger partial charge in [-0.2, -0.15) is 0 Å². The Kier molecular flexibility index (Phi) is 6.58. The van der Waals surface area contributed by atoms with E-state index < -0.39 is 0 Å². The maximum Gasteiger partial charge on any atom is 0.238 e. The van der Waals surface area contributed by atoms with Crippen LogP contribution in [0.25, 0.3) is 0 Å². The van der Waals surface area contributed by atoms with E-state index in [4.69, 9.17) is 16.3 Å². The molecule has 1 aliphatic rings. The predicted octanol–water partition coefficient (Wildman–Crippen LogP) is 3.89. The summed E-state index contributed by atoms with van der Waals surface area (Å²) in [4.78, 5) is 16.8. The van der Waals surface area contributed by atoms with E-state index in [-0.39, 0.29) is 12.0 Å². The Hall–Kier alpha value is -2.24. The number of nitrogens with zero attached hydrogens (tertiary/aromatic N) is 2. The number of piperazine rings is 1. The Labute approximate surface area is 165 Å². The molecule has 0 aliphatic carbocycles. The van der Waals surface area contributed by atoms with E-state index in [9.17, 15) is 4.79 Å². The maximum atomic E-state index is 12.3. The van der Waals surface area contributed by atoms with Crippen LogP contribution in [0.1, 0.15) is 13.8 Å². The molecular weight excluding hydrogens is 362 g/mol. The summed E-state index contributed by atoms with van der Waals surface area (Å²) >= 11 is 6.08. The second-order valence-corrected chi connectivity index (χ2v) is 7.42. The van der Waals surface area contributed by atoms with Gasteiger partial charge in [0.1, 0.15) is 5.75 Å². The Morgan fingerprint density at radius 3 is 2.44 bits per heavy atom. The number of anilines is 2. The van der Waals surface area contributed by atoms with E-state index in [1.807, 2.05) is 56.3 Å². The van der Waals surface area contributed by atoms with E-state index in [1.54, 1.807) is 0 Å². The highest BCUT2D eigenvalue weighted by Gasteiger charge is 2.19. The van der Waals surface area contributed by atoms with Gasteiger partial charge in [-0.25, -0.2) is 0 Å². The molecule has 0 unspecified atom stereocenters. The molecule has 0 saturated carbocycles. The van der Waals surface area contributed by atoms with E-state index >= 15 is 0 Å². The molecule has 1 amide bonds. The third-order valence-electron chi connectivity index (χ3n) is 4.42. The molecule has 0 bridgehead atoms. The van der Waals surface area contributed by atoms with Crippen LogP contribution >= 0.6 is 11.6 Å². The Morgan fingerprint density at radius 1 is 1.11 bits per heavy atom. The summed E-state index contributed by atoms with van der Waals surface area (Å²) in [6.45, 7) is 7.84. The Bertz CT molecular complexity index is 756. The summed E-state index contributed by atoms with van der Waals surface area (Å²) in [7, 11) is 0. The number of hydrogen-bond donors (Lipinski definition) is 1. The van der Waals surface area contributed by atoms with Crippen molar-refractivity contribution in [2.45, 2.75) is 20.0 Å². The minimum absolute atomic E-state index is 0.00346. The highest BCUT2D eigenvalue weighted by molar-refractivity contribution is 6.30. The molecule has 5 nitrogen and oxygen atoms in total. The Morgan fingerprint density at radius 2 is 1.81 bits per heavy atom. The molecular formula is C21H26ClN3O2. The van der Waals surface area contributed by atoms with E-state index in [0.717, 1.165) is 48.3 Å². The van der Waals surface area contributed by atoms with Crippen LogP contribution in [0, 0.1) is 0 Å². The lowest BCUT2D eigenvalue weighted by Crippen LogP contribution is -2.48. The molecule has 0 atom stereocenters. The fourth-order valence-electron chi connectivity index (χ4n) is 3.13. The number of benzene rings is 2. The van der Waals surface area contributed by atoms with Crippen LogP contribution in [0.15, 0.2) is 48.5 Å². The number of nitrogens with one attached hydrogen (secondary N) is 1. The van der Waals surface area contributed by atoms with Gasteiger partial charge in [0.2, 0.25) is 5.91 Å². The van der Waals surface area contributed by atoms with Gasteiger partial charge < -0.3 is 15.0 Å². The summed E-state index contributed by atoms with van der Waals surface area (Å²) < 4.78 is 5.62. The molecule has 6 heteroatoms. The van der Waals surface area contributed by atoms with Crippen LogP contribution < -0.4 is 15.0 Å². The molecule has 0 aromatic heterocycles. The van der Waals surface area contributed by atoms with Gasteiger partial charge in [-0.15, -0.1) is 0 Å². The molecule has 1 aliphatic heterocycles. The monoisotopic (exact) mass is 387 g/mol. The van der Waals surface area contributed by atoms with Crippen LogP contribution in [-0.2, 0) is 4.79 Å². The van der Waals surface area contributed by atoms with E-state index in [1.165, 1.54) is 0 Å². The van der Waals surface area contributed by atoms with E-state index in [0.29, 0.717) is 6.54 Å². The first-order chi connectivity index (χ1) is 13.0. The van der Waals surface area contributed by atoms with Gasteiger partial charge in [0.25, 0.3) is 0 Å². The van der Waals surface area contributed by atoms with Crippen molar-refractivity contribution in [2.24, 2.45) is 0 Å². The number of carbonyl (C=O) groups excluding carboxylic acids is 1. The van der Waals surface area contributed by atoms with Crippen molar-refractivity contribution in [1.29, 1.82) is 0 Å². The van der Waals surface area contributed by atoms with Gasteiger partial charge in [0.05, 0.1) is 12.6 Å². The number of halogens is 1. The first kappa shape index (κ1) is 19.5. The van der Waals surface area contributed by atoms with Crippen LogP contribution in [0.3, 0.4) is 0 Å². The summed E-state index contributed by atoms with van der Waals surface area (Å²) in [5.74, 6) is 0.809. The third-order valence-corrected chi connectivity index (χ3v) is 4.66. The minimum atomic E-state index is 0.00346.